The van der Waals surface area contributed by atoms with E-state index in [9.17, 15) is 4.79 Å². The largest absolute Gasteiger partial charge is 0.478 e. The molecule has 0 saturated carbocycles. The lowest BCUT2D eigenvalue weighted by molar-refractivity contribution is -0.130. The average molecular weight is 188 g/mol. The van der Waals surface area contributed by atoms with E-state index in [1.807, 2.05) is 12.1 Å². The summed E-state index contributed by atoms with van der Waals surface area (Å²) in [5.41, 5.74) is 3.49. The van der Waals surface area contributed by atoms with Crippen LogP contribution in [0.15, 0.2) is 24.8 Å². The molecule has 0 amide bonds. The van der Waals surface area contributed by atoms with Gasteiger partial charge < -0.3 is 5.11 Å². The summed E-state index contributed by atoms with van der Waals surface area (Å²) in [6, 6.07) is 5.83. The van der Waals surface area contributed by atoms with Crippen LogP contribution in [-0.2, 0) is 17.6 Å². The molecule has 1 aliphatic carbocycles. The molecule has 0 aromatic heterocycles. The lowest BCUT2D eigenvalue weighted by Crippen LogP contribution is -2.01. The van der Waals surface area contributed by atoms with Crippen molar-refractivity contribution in [2.75, 3.05) is 0 Å². The molecule has 0 aliphatic heterocycles. The summed E-state index contributed by atoms with van der Waals surface area (Å²) in [4.78, 5) is 10.8. The van der Waals surface area contributed by atoms with Crippen molar-refractivity contribution in [3.63, 3.8) is 0 Å². The maximum absolute atomic E-state index is 10.8. The molecule has 0 heterocycles. The molecular formula is C12H12O2. The van der Waals surface area contributed by atoms with Crippen molar-refractivity contribution < 1.29 is 9.90 Å². The van der Waals surface area contributed by atoms with Crippen LogP contribution in [0.4, 0.5) is 0 Å². The first kappa shape index (κ1) is 9.00. The van der Waals surface area contributed by atoms with Gasteiger partial charge >= 0.3 is 5.97 Å². The van der Waals surface area contributed by atoms with Crippen LogP contribution in [0.2, 0.25) is 0 Å². The fourth-order valence-corrected chi connectivity index (χ4v) is 2.02. The predicted octanol–water partition coefficient (Wildman–Crippen LogP) is 2.27. The minimum Gasteiger partial charge on any atom is -0.478 e. The van der Waals surface area contributed by atoms with Crippen molar-refractivity contribution in [1.29, 1.82) is 0 Å². The quantitative estimate of drug-likeness (QED) is 0.723. The molecule has 14 heavy (non-hydrogen) atoms. The Morgan fingerprint density at radius 1 is 1.36 bits per heavy atom. The molecule has 1 aromatic carbocycles. The fraction of sp³-hybridized carbons (Fsp3) is 0.250. The third-order valence-corrected chi connectivity index (χ3v) is 2.73. The van der Waals surface area contributed by atoms with Gasteiger partial charge in [-0.05, 0) is 36.0 Å². The molecule has 1 aromatic rings. The number of carboxylic acid groups (broad SMARTS) is 1. The highest BCUT2D eigenvalue weighted by Crippen LogP contribution is 2.28. The maximum Gasteiger partial charge on any atom is 0.335 e. The second-order valence-electron chi connectivity index (χ2n) is 3.58. The fourth-order valence-electron chi connectivity index (χ4n) is 2.02. The maximum atomic E-state index is 10.8. The van der Waals surface area contributed by atoms with Crippen LogP contribution in [0.1, 0.15) is 23.1 Å². The first-order chi connectivity index (χ1) is 6.70. The van der Waals surface area contributed by atoms with Gasteiger partial charge in [0.2, 0.25) is 0 Å². The summed E-state index contributed by atoms with van der Waals surface area (Å²) in [5.74, 6) is -0.926. The first-order valence-electron chi connectivity index (χ1n) is 4.73. The Labute approximate surface area is 82.9 Å². The highest BCUT2D eigenvalue weighted by Gasteiger charge is 2.18. The molecule has 2 nitrogen and oxygen atoms in total. The highest BCUT2D eigenvalue weighted by atomic mass is 16.4. The minimum atomic E-state index is -0.926. The molecule has 0 fully saturated rings. The van der Waals surface area contributed by atoms with Crippen molar-refractivity contribution in [3.05, 3.63) is 41.5 Å². The molecule has 0 radical (unpaired) electrons. The third-order valence-electron chi connectivity index (χ3n) is 2.73. The monoisotopic (exact) mass is 188 g/mol. The van der Waals surface area contributed by atoms with E-state index in [1.165, 1.54) is 11.1 Å². The number of aryl methyl sites for hydroxylation is 1. The van der Waals surface area contributed by atoms with Crippen LogP contribution in [0.25, 0.3) is 5.57 Å². The lowest BCUT2D eigenvalue weighted by Gasteiger charge is -2.07. The summed E-state index contributed by atoms with van der Waals surface area (Å²) < 4.78 is 0. The molecule has 2 heteroatoms. The van der Waals surface area contributed by atoms with E-state index in [-0.39, 0.29) is 5.57 Å². The van der Waals surface area contributed by atoms with Gasteiger partial charge in [0.15, 0.2) is 0 Å². The van der Waals surface area contributed by atoms with E-state index in [1.54, 1.807) is 0 Å². The second-order valence-corrected chi connectivity index (χ2v) is 3.58. The van der Waals surface area contributed by atoms with Crippen LogP contribution in [0.3, 0.4) is 0 Å². The van der Waals surface area contributed by atoms with Crippen LogP contribution in [0.5, 0.6) is 0 Å². The molecule has 2 rings (SSSR count). The van der Waals surface area contributed by atoms with E-state index >= 15 is 0 Å². The van der Waals surface area contributed by atoms with Crippen LogP contribution in [-0.4, -0.2) is 11.1 Å². The number of benzene rings is 1. The lowest BCUT2D eigenvalue weighted by atomic mass is 9.98. The van der Waals surface area contributed by atoms with Gasteiger partial charge in [-0.25, -0.2) is 4.79 Å². The first-order valence-corrected chi connectivity index (χ1v) is 4.73. The van der Waals surface area contributed by atoms with Crippen molar-refractivity contribution in [3.8, 4) is 0 Å². The van der Waals surface area contributed by atoms with Gasteiger partial charge in [-0.1, -0.05) is 24.8 Å². The Kier molecular flexibility index (Phi) is 2.12. The van der Waals surface area contributed by atoms with E-state index in [0.717, 1.165) is 24.8 Å². The predicted molar refractivity (Wildman–Crippen MR) is 55.1 cm³/mol. The number of hydrogen-bond donors (Lipinski definition) is 1. The average Bonchev–Trinajstić information content (AvgIpc) is 2.63. The van der Waals surface area contributed by atoms with Gasteiger partial charge in [0.25, 0.3) is 0 Å². The van der Waals surface area contributed by atoms with Crippen molar-refractivity contribution in [1.82, 2.24) is 0 Å². The standard InChI is InChI=1S/C12H12O2/c1-8(12(13)14)10-6-2-4-9-5-3-7-11(9)10/h2,4,6H,1,3,5,7H2,(H,13,14). The molecule has 0 bridgehead atoms. The van der Waals surface area contributed by atoms with E-state index < -0.39 is 5.97 Å². The topological polar surface area (TPSA) is 37.3 Å². The Bertz CT molecular complexity index is 405. The summed E-state index contributed by atoms with van der Waals surface area (Å²) in [6.45, 7) is 3.60. The van der Waals surface area contributed by atoms with Gasteiger partial charge in [-0.2, -0.15) is 0 Å². The molecule has 0 saturated heterocycles. The van der Waals surface area contributed by atoms with E-state index in [2.05, 4.69) is 12.6 Å². The van der Waals surface area contributed by atoms with Crippen LogP contribution in [0, 0.1) is 0 Å². The molecule has 1 aliphatic rings. The summed E-state index contributed by atoms with van der Waals surface area (Å²) in [7, 11) is 0. The van der Waals surface area contributed by atoms with Crippen molar-refractivity contribution >= 4 is 11.5 Å². The number of rotatable bonds is 2. The van der Waals surface area contributed by atoms with Crippen molar-refractivity contribution in [2.45, 2.75) is 19.3 Å². The third kappa shape index (κ3) is 1.33. The Balaban J connectivity index is 2.49. The number of carbonyl (C=O) groups is 1. The summed E-state index contributed by atoms with van der Waals surface area (Å²) in [5, 5.41) is 8.87. The zero-order valence-electron chi connectivity index (χ0n) is 7.92. The molecule has 72 valence electrons. The molecule has 0 atom stereocenters. The highest BCUT2D eigenvalue weighted by molar-refractivity contribution is 6.15. The van der Waals surface area contributed by atoms with Crippen LogP contribution >= 0.6 is 0 Å². The Morgan fingerprint density at radius 2 is 2.14 bits per heavy atom. The molecule has 0 spiro atoms. The molecule has 1 N–H and O–H groups in total. The Morgan fingerprint density at radius 3 is 2.86 bits per heavy atom. The van der Waals surface area contributed by atoms with E-state index in [0.29, 0.717) is 0 Å². The van der Waals surface area contributed by atoms with Gasteiger partial charge in [0, 0.05) is 0 Å². The smallest absolute Gasteiger partial charge is 0.335 e. The van der Waals surface area contributed by atoms with Gasteiger partial charge in [0.1, 0.15) is 0 Å². The van der Waals surface area contributed by atoms with E-state index in [4.69, 9.17) is 5.11 Å². The number of fused-ring (bicyclic) bond motifs is 1. The SMILES string of the molecule is C=C(C(=O)O)c1cccc2c1CCC2. The summed E-state index contributed by atoms with van der Waals surface area (Å²) in [6.07, 6.45) is 3.17. The molecular weight excluding hydrogens is 176 g/mol. The summed E-state index contributed by atoms with van der Waals surface area (Å²) >= 11 is 0. The minimum absolute atomic E-state index is 0.212. The number of carboxylic acids is 1. The second kappa shape index (κ2) is 3.29. The van der Waals surface area contributed by atoms with Gasteiger partial charge in [0.05, 0.1) is 5.57 Å². The number of aliphatic carboxylic acids is 1. The van der Waals surface area contributed by atoms with Crippen molar-refractivity contribution in [2.24, 2.45) is 0 Å². The molecule has 0 unspecified atom stereocenters. The zero-order chi connectivity index (χ0) is 10.1. The van der Waals surface area contributed by atoms with Gasteiger partial charge in [-0.15, -0.1) is 0 Å². The van der Waals surface area contributed by atoms with Crippen LogP contribution < -0.4 is 0 Å². The number of hydrogen-bond acceptors (Lipinski definition) is 1. The Hall–Kier alpha value is -1.57. The van der Waals surface area contributed by atoms with Gasteiger partial charge in [-0.3, -0.25) is 0 Å². The zero-order valence-corrected chi connectivity index (χ0v) is 7.92. The normalized spacial score (nSPS) is 13.7.